The van der Waals surface area contributed by atoms with Crippen molar-refractivity contribution in [3.05, 3.63) is 24.3 Å². The third-order valence-corrected chi connectivity index (χ3v) is 4.36. The highest BCUT2D eigenvalue weighted by Gasteiger charge is 2.32. The van der Waals surface area contributed by atoms with Crippen molar-refractivity contribution in [1.29, 1.82) is 0 Å². The first kappa shape index (κ1) is 19.1. The summed E-state index contributed by atoms with van der Waals surface area (Å²) in [5.41, 5.74) is 0.837. The van der Waals surface area contributed by atoms with Crippen molar-refractivity contribution < 1.29 is 14.3 Å². The minimum absolute atomic E-state index is 0.0334. The number of benzene rings is 1. The van der Waals surface area contributed by atoms with Crippen LogP contribution < -0.4 is 15.0 Å². The Labute approximate surface area is 150 Å². The second-order valence-electron chi connectivity index (χ2n) is 6.22. The monoisotopic (exact) mass is 347 g/mol. The lowest BCUT2D eigenvalue weighted by Gasteiger charge is -2.23. The van der Waals surface area contributed by atoms with E-state index in [0.29, 0.717) is 26.1 Å². The number of nitrogens with one attached hydrogen (secondary N) is 1. The Balaban J connectivity index is 1.93. The number of amides is 3. The lowest BCUT2D eigenvalue weighted by atomic mass is 10.2. The molecule has 1 aromatic carbocycles. The van der Waals surface area contributed by atoms with E-state index in [1.807, 2.05) is 38.1 Å². The van der Waals surface area contributed by atoms with Crippen molar-refractivity contribution in [1.82, 2.24) is 10.2 Å². The molecule has 1 N–H and O–H groups in total. The number of ether oxygens (including phenoxy) is 1. The van der Waals surface area contributed by atoms with Crippen LogP contribution in [0.4, 0.5) is 10.5 Å². The normalized spacial score (nSPS) is 16.8. The molecule has 0 aromatic heterocycles. The molecule has 2 rings (SSSR count). The standard InChI is InChI=1S/C19H29N3O3/c1-4-7-12-21(5-2)19(24)20-15-13-18(23)22(14-15)16-8-10-17(11-9-16)25-6-3/h8-11,15H,4-7,12-14H2,1-3H3,(H,20,24)/t15-/m0/s1. The van der Waals surface area contributed by atoms with E-state index in [1.165, 1.54) is 0 Å². The van der Waals surface area contributed by atoms with Crippen LogP contribution in [-0.2, 0) is 4.79 Å². The number of carbonyl (C=O) groups excluding carboxylic acids is 2. The highest BCUT2D eigenvalue weighted by Crippen LogP contribution is 2.24. The van der Waals surface area contributed by atoms with Crippen molar-refractivity contribution in [3.63, 3.8) is 0 Å². The maximum absolute atomic E-state index is 12.4. The zero-order valence-electron chi connectivity index (χ0n) is 15.5. The third kappa shape index (κ3) is 5.11. The van der Waals surface area contributed by atoms with E-state index in [4.69, 9.17) is 4.74 Å². The average Bonchev–Trinajstić information content (AvgIpc) is 2.97. The first-order valence-corrected chi connectivity index (χ1v) is 9.17. The van der Waals surface area contributed by atoms with Gasteiger partial charge in [-0.05, 0) is 44.5 Å². The van der Waals surface area contributed by atoms with Gasteiger partial charge in [-0.2, -0.15) is 0 Å². The fourth-order valence-electron chi connectivity index (χ4n) is 2.96. The molecule has 1 saturated heterocycles. The number of urea groups is 1. The first-order chi connectivity index (χ1) is 12.1. The van der Waals surface area contributed by atoms with Crippen LogP contribution in [0, 0.1) is 0 Å². The fraction of sp³-hybridized carbons (Fsp3) is 0.579. The van der Waals surface area contributed by atoms with Gasteiger partial charge in [-0.1, -0.05) is 13.3 Å². The van der Waals surface area contributed by atoms with Crippen LogP contribution >= 0.6 is 0 Å². The fourth-order valence-corrected chi connectivity index (χ4v) is 2.96. The van der Waals surface area contributed by atoms with Gasteiger partial charge >= 0.3 is 6.03 Å². The van der Waals surface area contributed by atoms with Crippen LogP contribution in [0.5, 0.6) is 5.75 Å². The molecule has 6 nitrogen and oxygen atoms in total. The maximum Gasteiger partial charge on any atom is 0.317 e. The molecule has 1 fully saturated rings. The molecule has 0 spiro atoms. The number of anilines is 1. The highest BCUT2D eigenvalue weighted by molar-refractivity contribution is 5.96. The van der Waals surface area contributed by atoms with Gasteiger partial charge in [0.2, 0.25) is 5.91 Å². The predicted molar refractivity (Wildman–Crippen MR) is 99.1 cm³/mol. The molecule has 0 aliphatic carbocycles. The van der Waals surface area contributed by atoms with Crippen LogP contribution in [-0.4, -0.2) is 49.1 Å². The van der Waals surface area contributed by atoms with Crippen molar-refractivity contribution in [3.8, 4) is 5.75 Å². The van der Waals surface area contributed by atoms with E-state index in [1.54, 1.807) is 9.80 Å². The summed E-state index contributed by atoms with van der Waals surface area (Å²) >= 11 is 0. The maximum atomic E-state index is 12.4. The lowest BCUT2D eigenvalue weighted by molar-refractivity contribution is -0.117. The van der Waals surface area contributed by atoms with Gasteiger partial charge in [0, 0.05) is 31.7 Å². The molecule has 0 radical (unpaired) electrons. The Hall–Kier alpha value is -2.24. The van der Waals surface area contributed by atoms with Crippen molar-refractivity contribution in [2.75, 3.05) is 31.1 Å². The van der Waals surface area contributed by atoms with E-state index in [2.05, 4.69) is 12.2 Å². The molecule has 1 heterocycles. The second kappa shape index (κ2) is 9.30. The predicted octanol–water partition coefficient (Wildman–Crippen LogP) is 3.02. The lowest BCUT2D eigenvalue weighted by Crippen LogP contribution is -2.46. The van der Waals surface area contributed by atoms with E-state index < -0.39 is 0 Å². The largest absolute Gasteiger partial charge is 0.494 e. The quantitative estimate of drug-likeness (QED) is 0.786. The molecular formula is C19H29N3O3. The Morgan fingerprint density at radius 3 is 2.60 bits per heavy atom. The molecule has 1 aliphatic rings. The van der Waals surface area contributed by atoms with Gasteiger partial charge in [0.25, 0.3) is 0 Å². The minimum Gasteiger partial charge on any atom is -0.494 e. The molecule has 3 amide bonds. The van der Waals surface area contributed by atoms with E-state index in [9.17, 15) is 9.59 Å². The Morgan fingerprint density at radius 1 is 1.28 bits per heavy atom. The van der Waals surface area contributed by atoms with Gasteiger partial charge < -0.3 is 19.9 Å². The van der Waals surface area contributed by atoms with Gasteiger partial charge in [0.15, 0.2) is 0 Å². The summed E-state index contributed by atoms with van der Waals surface area (Å²) < 4.78 is 5.43. The summed E-state index contributed by atoms with van der Waals surface area (Å²) in [6, 6.07) is 7.26. The van der Waals surface area contributed by atoms with Gasteiger partial charge in [-0.25, -0.2) is 4.79 Å². The number of hydrogen-bond acceptors (Lipinski definition) is 3. The molecule has 1 aromatic rings. The number of carbonyl (C=O) groups is 2. The summed E-state index contributed by atoms with van der Waals surface area (Å²) in [4.78, 5) is 28.2. The molecule has 0 bridgehead atoms. The summed E-state index contributed by atoms with van der Waals surface area (Å²) in [6.07, 6.45) is 2.38. The minimum atomic E-state index is -0.151. The van der Waals surface area contributed by atoms with Crippen molar-refractivity contribution >= 4 is 17.6 Å². The molecule has 25 heavy (non-hydrogen) atoms. The molecule has 0 saturated carbocycles. The van der Waals surface area contributed by atoms with Crippen LogP contribution in [0.1, 0.15) is 40.0 Å². The van der Waals surface area contributed by atoms with Crippen LogP contribution in [0.3, 0.4) is 0 Å². The Bertz CT molecular complexity index is 574. The van der Waals surface area contributed by atoms with E-state index in [-0.39, 0.29) is 18.0 Å². The molecule has 1 aliphatic heterocycles. The van der Waals surface area contributed by atoms with E-state index in [0.717, 1.165) is 30.8 Å². The molecule has 1 atom stereocenters. The molecular weight excluding hydrogens is 318 g/mol. The van der Waals surface area contributed by atoms with Gasteiger partial charge in [0.05, 0.1) is 12.6 Å². The van der Waals surface area contributed by atoms with Crippen LogP contribution in [0.15, 0.2) is 24.3 Å². The van der Waals surface area contributed by atoms with Crippen LogP contribution in [0.25, 0.3) is 0 Å². The van der Waals surface area contributed by atoms with Crippen molar-refractivity contribution in [2.45, 2.75) is 46.1 Å². The SMILES string of the molecule is CCCCN(CC)C(=O)N[C@H]1CC(=O)N(c2ccc(OCC)cc2)C1. The number of rotatable bonds is 8. The Morgan fingerprint density at radius 2 is 2.00 bits per heavy atom. The highest BCUT2D eigenvalue weighted by atomic mass is 16.5. The van der Waals surface area contributed by atoms with E-state index >= 15 is 0 Å². The third-order valence-electron chi connectivity index (χ3n) is 4.36. The van der Waals surface area contributed by atoms with Crippen molar-refractivity contribution in [2.24, 2.45) is 0 Å². The topological polar surface area (TPSA) is 61.9 Å². The number of hydrogen-bond donors (Lipinski definition) is 1. The van der Waals surface area contributed by atoms with Crippen LogP contribution in [0.2, 0.25) is 0 Å². The summed E-state index contributed by atoms with van der Waals surface area (Å²) in [6.45, 7) is 8.56. The summed E-state index contributed by atoms with van der Waals surface area (Å²) in [7, 11) is 0. The molecule has 138 valence electrons. The smallest absolute Gasteiger partial charge is 0.317 e. The average molecular weight is 347 g/mol. The number of nitrogens with zero attached hydrogens (tertiary/aromatic N) is 2. The summed E-state index contributed by atoms with van der Waals surface area (Å²) in [5.74, 6) is 0.823. The van der Waals surface area contributed by atoms with Gasteiger partial charge in [0.1, 0.15) is 5.75 Å². The molecule has 0 unspecified atom stereocenters. The first-order valence-electron chi connectivity index (χ1n) is 9.17. The zero-order valence-corrected chi connectivity index (χ0v) is 15.5. The molecule has 6 heteroatoms. The van der Waals surface area contributed by atoms with Gasteiger partial charge in [-0.15, -0.1) is 0 Å². The second-order valence-corrected chi connectivity index (χ2v) is 6.22. The Kier molecular flexibility index (Phi) is 7.10. The summed E-state index contributed by atoms with van der Waals surface area (Å²) in [5, 5.41) is 3.00. The van der Waals surface area contributed by atoms with Gasteiger partial charge in [-0.3, -0.25) is 4.79 Å². The number of unbranched alkanes of at least 4 members (excludes halogenated alkanes) is 1. The zero-order chi connectivity index (χ0) is 18.2.